The Labute approximate surface area is 276 Å². The van der Waals surface area contributed by atoms with Gasteiger partial charge in [-0.1, -0.05) is 121 Å². The summed E-state index contributed by atoms with van der Waals surface area (Å²) in [5.74, 6) is 1.70. The zero-order chi connectivity index (χ0) is 32.2. The van der Waals surface area contributed by atoms with Crippen molar-refractivity contribution in [1.29, 1.82) is 0 Å². The topological polar surface area (TPSA) is 18.5 Å². The van der Waals surface area contributed by atoms with Crippen LogP contribution in [0.25, 0.3) is 11.1 Å². The standard InChI is InChI=1S/C42H40O2P2/c1-29-17-7-11-23-35(29)45(36-24-12-8-18-30(36)2)39-27-15-21-33(43-5)41(39)42-34(44-6)22-16-28-40(42)46(37-25-13-9-19-31(37)3)38-26-14-10-20-32(38)4/h7-28H,1-6H3. The quantitative estimate of drug-likeness (QED) is 0.149. The van der Waals surface area contributed by atoms with E-state index in [0.717, 1.165) is 22.6 Å². The van der Waals surface area contributed by atoms with Crippen molar-refractivity contribution in [3.05, 3.63) is 156 Å². The van der Waals surface area contributed by atoms with Gasteiger partial charge in [0.25, 0.3) is 0 Å². The van der Waals surface area contributed by atoms with Crippen LogP contribution in [0.4, 0.5) is 0 Å². The van der Waals surface area contributed by atoms with Crippen LogP contribution in [0.3, 0.4) is 0 Å². The SMILES string of the molecule is COc1cccc(P(c2ccccc2C)c2ccccc2C)c1-c1c(OC)cccc1P(c1ccccc1C)c1ccccc1C. The average Bonchev–Trinajstić information content (AvgIpc) is 3.08. The van der Waals surface area contributed by atoms with E-state index >= 15 is 0 Å². The molecular weight excluding hydrogens is 598 g/mol. The second-order valence-electron chi connectivity index (χ2n) is 11.5. The van der Waals surface area contributed by atoms with E-state index in [1.54, 1.807) is 14.2 Å². The van der Waals surface area contributed by atoms with Crippen LogP contribution in [0.15, 0.2) is 133 Å². The van der Waals surface area contributed by atoms with Crippen LogP contribution in [0.1, 0.15) is 22.3 Å². The van der Waals surface area contributed by atoms with Gasteiger partial charge in [-0.3, -0.25) is 0 Å². The van der Waals surface area contributed by atoms with Crippen LogP contribution >= 0.6 is 15.8 Å². The summed E-state index contributed by atoms with van der Waals surface area (Å²) in [7, 11) is 1.66. The number of hydrogen-bond acceptors (Lipinski definition) is 2. The molecule has 0 spiro atoms. The molecule has 0 saturated heterocycles. The summed E-state index contributed by atoms with van der Waals surface area (Å²) in [6, 6.07) is 48.4. The maximum Gasteiger partial charge on any atom is 0.127 e. The molecule has 230 valence electrons. The maximum atomic E-state index is 6.28. The summed E-state index contributed by atoms with van der Waals surface area (Å²) in [4.78, 5) is 0. The molecule has 0 N–H and O–H groups in total. The highest BCUT2D eigenvalue weighted by Gasteiger charge is 2.31. The van der Waals surface area contributed by atoms with Crippen LogP contribution in [-0.4, -0.2) is 14.2 Å². The van der Waals surface area contributed by atoms with Crippen LogP contribution < -0.4 is 41.3 Å². The second-order valence-corrected chi connectivity index (χ2v) is 15.8. The predicted octanol–water partition coefficient (Wildman–Crippen LogP) is 8.12. The van der Waals surface area contributed by atoms with E-state index in [1.807, 2.05) is 0 Å². The van der Waals surface area contributed by atoms with E-state index in [2.05, 4.69) is 161 Å². The van der Waals surface area contributed by atoms with Gasteiger partial charge in [0.15, 0.2) is 0 Å². The van der Waals surface area contributed by atoms with Crippen LogP contribution in [-0.2, 0) is 0 Å². The summed E-state index contributed by atoms with van der Waals surface area (Å²) in [6.45, 7) is 8.92. The fourth-order valence-electron chi connectivity index (χ4n) is 6.29. The molecular formula is C42H40O2P2. The molecule has 0 aromatic heterocycles. The van der Waals surface area contributed by atoms with Crippen molar-refractivity contribution >= 4 is 47.7 Å². The molecule has 0 aliphatic heterocycles. The maximum absolute atomic E-state index is 6.28. The largest absolute Gasteiger partial charge is 0.496 e. The van der Waals surface area contributed by atoms with Crippen molar-refractivity contribution in [2.45, 2.75) is 27.7 Å². The molecule has 46 heavy (non-hydrogen) atoms. The Morgan fingerprint density at radius 1 is 0.326 bits per heavy atom. The Hall–Kier alpha value is -4.22. The minimum atomic E-state index is -0.952. The first-order chi connectivity index (χ1) is 22.4. The Morgan fingerprint density at radius 3 is 0.848 bits per heavy atom. The molecule has 0 amide bonds. The normalized spacial score (nSPS) is 11.2. The summed E-state index contributed by atoms with van der Waals surface area (Å²) < 4.78 is 12.6. The van der Waals surface area contributed by atoms with E-state index in [1.165, 1.54) is 54.1 Å². The second kappa shape index (κ2) is 14.0. The van der Waals surface area contributed by atoms with Gasteiger partial charge < -0.3 is 9.47 Å². The minimum Gasteiger partial charge on any atom is -0.496 e. The van der Waals surface area contributed by atoms with Crippen molar-refractivity contribution in [3.8, 4) is 22.6 Å². The van der Waals surface area contributed by atoms with Gasteiger partial charge in [-0.2, -0.15) is 0 Å². The highest BCUT2D eigenvalue weighted by molar-refractivity contribution is 7.81. The zero-order valence-corrected chi connectivity index (χ0v) is 29.2. The third kappa shape index (κ3) is 6.01. The summed E-state index contributed by atoms with van der Waals surface area (Å²) in [5.41, 5.74) is 7.34. The third-order valence-electron chi connectivity index (χ3n) is 8.61. The molecule has 0 radical (unpaired) electrons. The van der Waals surface area contributed by atoms with Crippen molar-refractivity contribution in [2.24, 2.45) is 0 Å². The van der Waals surface area contributed by atoms with Crippen molar-refractivity contribution < 1.29 is 9.47 Å². The molecule has 6 rings (SSSR count). The molecule has 0 aliphatic carbocycles. The van der Waals surface area contributed by atoms with Gasteiger partial charge in [0, 0.05) is 11.1 Å². The summed E-state index contributed by atoms with van der Waals surface area (Å²) in [6.07, 6.45) is 0. The van der Waals surface area contributed by atoms with Gasteiger partial charge in [-0.15, -0.1) is 0 Å². The lowest BCUT2D eigenvalue weighted by Crippen LogP contribution is -2.28. The van der Waals surface area contributed by atoms with Gasteiger partial charge >= 0.3 is 0 Å². The van der Waals surface area contributed by atoms with E-state index in [4.69, 9.17) is 9.47 Å². The van der Waals surface area contributed by atoms with E-state index in [9.17, 15) is 0 Å². The van der Waals surface area contributed by atoms with E-state index in [-0.39, 0.29) is 0 Å². The van der Waals surface area contributed by atoms with Crippen LogP contribution in [0.5, 0.6) is 11.5 Å². The van der Waals surface area contributed by atoms with Crippen molar-refractivity contribution in [2.75, 3.05) is 14.2 Å². The van der Waals surface area contributed by atoms with Gasteiger partial charge in [-0.25, -0.2) is 0 Å². The molecule has 2 nitrogen and oxygen atoms in total. The van der Waals surface area contributed by atoms with Crippen molar-refractivity contribution in [1.82, 2.24) is 0 Å². The summed E-state index contributed by atoms with van der Waals surface area (Å²) >= 11 is 0. The van der Waals surface area contributed by atoms with Crippen molar-refractivity contribution in [3.63, 3.8) is 0 Å². The monoisotopic (exact) mass is 638 g/mol. The lowest BCUT2D eigenvalue weighted by atomic mass is 10.0. The first kappa shape index (κ1) is 31.7. The highest BCUT2D eigenvalue weighted by Crippen LogP contribution is 2.48. The predicted molar refractivity (Wildman–Crippen MR) is 201 cm³/mol. The van der Waals surface area contributed by atoms with E-state index in [0.29, 0.717) is 0 Å². The number of benzene rings is 6. The molecule has 0 unspecified atom stereocenters. The van der Waals surface area contributed by atoms with Crippen LogP contribution in [0.2, 0.25) is 0 Å². The lowest BCUT2D eigenvalue weighted by Gasteiger charge is -2.30. The molecule has 0 heterocycles. The molecule has 6 aromatic rings. The Balaban J connectivity index is 1.74. The number of rotatable bonds is 9. The smallest absolute Gasteiger partial charge is 0.127 e. The molecule has 4 heteroatoms. The van der Waals surface area contributed by atoms with Gasteiger partial charge in [0.1, 0.15) is 11.5 Å². The Bertz CT molecular complexity index is 1760. The first-order valence-corrected chi connectivity index (χ1v) is 18.3. The molecule has 0 saturated carbocycles. The number of hydrogen-bond donors (Lipinski definition) is 0. The lowest BCUT2D eigenvalue weighted by molar-refractivity contribution is 0.411. The molecule has 0 atom stereocenters. The van der Waals surface area contributed by atoms with Crippen LogP contribution in [0, 0.1) is 27.7 Å². The highest BCUT2D eigenvalue weighted by atomic mass is 31.1. The fourth-order valence-corrected chi connectivity index (χ4v) is 11.9. The number of methoxy groups -OCH3 is 2. The molecule has 0 bridgehead atoms. The molecule has 6 aromatic carbocycles. The first-order valence-electron chi connectivity index (χ1n) is 15.6. The molecule has 0 fully saturated rings. The number of aryl methyl sites for hydroxylation is 4. The zero-order valence-electron chi connectivity index (χ0n) is 27.4. The van der Waals surface area contributed by atoms with E-state index < -0.39 is 15.8 Å². The average molecular weight is 639 g/mol. The number of ether oxygens (including phenoxy) is 2. The van der Waals surface area contributed by atoms with Gasteiger partial charge in [0.05, 0.1) is 14.2 Å². The fraction of sp³-hybridized carbons (Fsp3) is 0.143. The van der Waals surface area contributed by atoms with Gasteiger partial charge in [0.2, 0.25) is 0 Å². The minimum absolute atomic E-state index is 0.849. The Morgan fingerprint density at radius 2 is 0.587 bits per heavy atom. The third-order valence-corrected chi connectivity index (χ3v) is 14.2. The van der Waals surface area contributed by atoms with Gasteiger partial charge in [-0.05, 0) is 110 Å². The summed E-state index contributed by atoms with van der Waals surface area (Å²) in [5, 5.41) is 7.90. The molecule has 0 aliphatic rings. The Kier molecular flexibility index (Phi) is 9.70.